The first kappa shape index (κ1) is 28.1. The van der Waals surface area contributed by atoms with E-state index in [1.54, 1.807) is 6.92 Å². The fourth-order valence-corrected chi connectivity index (χ4v) is 3.82. The van der Waals surface area contributed by atoms with E-state index in [9.17, 15) is 27.9 Å². The quantitative estimate of drug-likeness (QED) is 0.184. The predicted molar refractivity (Wildman–Crippen MR) is 106 cm³/mol. The van der Waals surface area contributed by atoms with Crippen molar-refractivity contribution in [3.63, 3.8) is 0 Å². The molecule has 0 aliphatic heterocycles. The second kappa shape index (κ2) is 13.4. The van der Waals surface area contributed by atoms with E-state index in [-0.39, 0.29) is 44.3 Å². The number of rotatable bonds is 15. The van der Waals surface area contributed by atoms with E-state index in [0.29, 0.717) is 12.8 Å². The number of unbranched alkanes of at least 4 members (excludes halogenated alkanes) is 1. The van der Waals surface area contributed by atoms with Crippen LogP contribution >= 0.6 is 0 Å². The Hall–Kier alpha value is -1.92. The van der Waals surface area contributed by atoms with Gasteiger partial charge in [0.1, 0.15) is 0 Å². The maximum absolute atomic E-state index is 12.3. The van der Waals surface area contributed by atoms with E-state index in [2.05, 4.69) is 10.1 Å². The molecule has 0 aliphatic carbocycles. The Morgan fingerprint density at radius 1 is 1.10 bits per heavy atom. The van der Waals surface area contributed by atoms with Gasteiger partial charge in [-0.1, -0.05) is 13.8 Å². The van der Waals surface area contributed by atoms with Crippen LogP contribution in [0.25, 0.3) is 0 Å². The average molecular weight is 456 g/mol. The van der Waals surface area contributed by atoms with Gasteiger partial charge in [0, 0.05) is 18.9 Å². The molecule has 0 spiro atoms. The van der Waals surface area contributed by atoms with Gasteiger partial charge in [-0.2, -0.15) is 8.42 Å². The minimum Gasteiger partial charge on any atom is -0.479 e. The van der Waals surface area contributed by atoms with E-state index in [1.165, 1.54) is 20.8 Å². The highest BCUT2D eigenvalue weighted by atomic mass is 32.2. The molecular formula is C18H33NO10S. The van der Waals surface area contributed by atoms with Crippen molar-refractivity contribution in [3.8, 4) is 0 Å². The third-order valence-electron chi connectivity index (χ3n) is 4.32. The molecule has 0 aliphatic rings. The lowest BCUT2D eigenvalue weighted by molar-refractivity contribution is -0.158. The Kier molecular flexibility index (Phi) is 12.5. The Bertz CT molecular complexity index is 662. The van der Waals surface area contributed by atoms with Crippen LogP contribution in [0.1, 0.15) is 53.4 Å². The van der Waals surface area contributed by atoms with Crippen molar-refractivity contribution in [1.29, 1.82) is 0 Å². The molecular weight excluding hydrogens is 422 g/mol. The Labute approximate surface area is 177 Å². The number of amides is 1. The molecule has 176 valence electrons. The number of carbonyl (C=O) groups excluding carboxylic acids is 2. The van der Waals surface area contributed by atoms with Gasteiger partial charge >= 0.3 is 12.1 Å². The van der Waals surface area contributed by atoms with Crippen molar-refractivity contribution in [2.24, 2.45) is 5.41 Å². The van der Waals surface area contributed by atoms with E-state index < -0.39 is 39.9 Å². The molecule has 1 unspecified atom stereocenters. The summed E-state index contributed by atoms with van der Waals surface area (Å²) < 4.78 is 39.3. The molecule has 0 aromatic heterocycles. The molecule has 0 fully saturated rings. The number of aliphatic carboxylic acids is 1. The number of carboxylic acids is 1. The van der Waals surface area contributed by atoms with Crippen molar-refractivity contribution in [3.05, 3.63) is 0 Å². The van der Waals surface area contributed by atoms with Crippen LogP contribution < -0.4 is 5.32 Å². The van der Waals surface area contributed by atoms with Crippen molar-refractivity contribution >= 4 is 28.1 Å². The summed E-state index contributed by atoms with van der Waals surface area (Å²) in [6.07, 6.45) is -2.86. The average Bonchev–Trinajstić information content (AvgIpc) is 2.63. The van der Waals surface area contributed by atoms with Gasteiger partial charge in [-0.05, 0) is 32.6 Å². The van der Waals surface area contributed by atoms with E-state index in [1.807, 2.05) is 0 Å². The maximum atomic E-state index is 12.3. The minimum absolute atomic E-state index is 0.0386. The first-order valence-electron chi connectivity index (χ1n) is 9.69. The molecule has 1 amide bonds. The molecule has 0 rings (SSSR count). The van der Waals surface area contributed by atoms with Crippen LogP contribution in [-0.2, 0) is 33.4 Å². The Morgan fingerprint density at radius 2 is 1.73 bits per heavy atom. The van der Waals surface area contributed by atoms with Crippen LogP contribution in [0.15, 0.2) is 0 Å². The number of nitrogens with one attached hydrogen (secondary N) is 1. The molecule has 0 aromatic carbocycles. The number of aliphatic hydroxyl groups is 1. The molecule has 12 heteroatoms. The first-order valence-corrected chi connectivity index (χ1v) is 11.3. The Morgan fingerprint density at radius 3 is 2.27 bits per heavy atom. The lowest BCUT2D eigenvalue weighted by Gasteiger charge is -2.35. The third-order valence-corrected chi connectivity index (χ3v) is 5.63. The largest absolute Gasteiger partial charge is 0.508 e. The maximum Gasteiger partial charge on any atom is 0.508 e. The number of aliphatic hydroxyl groups excluding tert-OH is 1. The highest BCUT2D eigenvalue weighted by Gasteiger charge is 2.43. The van der Waals surface area contributed by atoms with Crippen molar-refractivity contribution in [1.82, 2.24) is 5.32 Å². The smallest absolute Gasteiger partial charge is 0.479 e. The molecule has 30 heavy (non-hydrogen) atoms. The lowest BCUT2D eigenvalue weighted by atomic mass is 9.78. The fraction of sp³-hybridized carbons (Fsp3) is 0.833. The second-order valence-electron chi connectivity index (χ2n) is 7.27. The molecule has 2 atom stereocenters. The summed E-state index contributed by atoms with van der Waals surface area (Å²) in [6, 6.07) is 0. The third kappa shape index (κ3) is 11.3. The van der Waals surface area contributed by atoms with Crippen molar-refractivity contribution in [2.45, 2.75) is 65.6 Å². The van der Waals surface area contributed by atoms with Gasteiger partial charge in [0.25, 0.3) is 10.1 Å². The van der Waals surface area contributed by atoms with Crippen LogP contribution in [-0.4, -0.2) is 74.4 Å². The number of hydrogen-bond acceptors (Lipinski definition) is 9. The van der Waals surface area contributed by atoms with Crippen molar-refractivity contribution < 1.29 is 46.7 Å². The summed E-state index contributed by atoms with van der Waals surface area (Å²) >= 11 is 0. The summed E-state index contributed by atoms with van der Waals surface area (Å²) in [7, 11) is -4.05. The summed E-state index contributed by atoms with van der Waals surface area (Å²) in [5, 5.41) is 21.6. The first-order chi connectivity index (χ1) is 13.8. The van der Waals surface area contributed by atoms with Gasteiger partial charge in [-0.25, -0.2) is 9.59 Å². The standard InChI is InChI=1S/C18H33NO10S/c1-5-27-17(24)28-11-7-6-9-14(18(3,4)15(21)16(22)23)29-30(25,26)12-8-10-19-13(2)20/h14-15,21H,5-12H2,1-4H3,(H,19,20)(H,22,23)/t14?,15-/m0/s1. The number of carboxylic acid groups (broad SMARTS) is 1. The SMILES string of the molecule is CCOC(=O)OCCCCC(OS(=O)(=O)CCCNC(C)=O)C(C)(C)[C@@H](O)C(=O)O. The highest BCUT2D eigenvalue weighted by molar-refractivity contribution is 7.86. The van der Waals surface area contributed by atoms with Gasteiger partial charge in [-0.15, -0.1) is 0 Å². The molecule has 0 heterocycles. The van der Waals surface area contributed by atoms with Crippen LogP contribution in [0.4, 0.5) is 4.79 Å². The molecule has 11 nitrogen and oxygen atoms in total. The summed E-state index contributed by atoms with van der Waals surface area (Å²) in [5.41, 5.74) is -1.42. The normalized spacial score (nSPS) is 13.9. The fourth-order valence-electron chi connectivity index (χ4n) is 2.52. The number of ether oxygens (including phenoxy) is 2. The lowest BCUT2D eigenvalue weighted by Crippen LogP contribution is -2.47. The molecule has 0 radical (unpaired) electrons. The number of carbonyl (C=O) groups is 3. The van der Waals surface area contributed by atoms with Crippen LogP contribution in [0.3, 0.4) is 0 Å². The summed E-state index contributed by atoms with van der Waals surface area (Å²) in [5.74, 6) is -2.17. The zero-order valence-electron chi connectivity index (χ0n) is 17.9. The predicted octanol–water partition coefficient (Wildman–Crippen LogP) is 1.04. The van der Waals surface area contributed by atoms with Crippen LogP contribution in [0, 0.1) is 5.41 Å². The molecule has 3 N–H and O–H groups in total. The minimum atomic E-state index is -4.05. The zero-order valence-corrected chi connectivity index (χ0v) is 18.7. The topological polar surface area (TPSA) is 166 Å². The molecule has 0 saturated carbocycles. The highest BCUT2D eigenvalue weighted by Crippen LogP contribution is 2.33. The number of hydrogen-bond donors (Lipinski definition) is 3. The van der Waals surface area contributed by atoms with Crippen LogP contribution in [0.2, 0.25) is 0 Å². The van der Waals surface area contributed by atoms with E-state index in [4.69, 9.17) is 14.0 Å². The van der Waals surface area contributed by atoms with Crippen molar-refractivity contribution in [2.75, 3.05) is 25.5 Å². The van der Waals surface area contributed by atoms with E-state index in [0.717, 1.165) is 0 Å². The monoisotopic (exact) mass is 455 g/mol. The molecule has 0 saturated heterocycles. The Balaban J connectivity index is 4.97. The second-order valence-corrected chi connectivity index (χ2v) is 8.99. The summed E-state index contributed by atoms with van der Waals surface area (Å²) in [6.45, 7) is 6.11. The summed E-state index contributed by atoms with van der Waals surface area (Å²) in [4.78, 5) is 33.2. The van der Waals surface area contributed by atoms with Gasteiger partial charge in [0.15, 0.2) is 6.10 Å². The van der Waals surface area contributed by atoms with E-state index >= 15 is 0 Å². The van der Waals surface area contributed by atoms with Gasteiger partial charge in [-0.3, -0.25) is 8.98 Å². The van der Waals surface area contributed by atoms with Crippen LogP contribution in [0.5, 0.6) is 0 Å². The van der Waals surface area contributed by atoms with Gasteiger partial charge < -0.3 is 25.0 Å². The van der Waals surface area contributed by atoms with Gasteiger partial charge in [0.2, 0.25) is 5.91 Å². The van der Waals surface area contributed by atoms with Gasteiger partial charge in [0.05, 0.1) is 25.1 Å². The molecule has 0 bridgehead atoms. The zero-order chi connectivity index (χ0) is 23.4. The molecule has 0 aromatic rings.